The van der Waals surface area contributed by atoms with Crippen LogP contribution in [0.4, 0.5) is 5.69 Å². The highest BCUT2D eigenvalue weighted by Crippen LogP contribution is 2.32. The molecule has 1 heterocycles. The van der Waals surface area contributed by atoms with Gasteiger partial charge in [0.25, 0.3) is 0 Å². The molecule has 1 aliphatic carbocycles. The van der Waals surface area contributed by atoms with E-state index in [0.29, 0.717) is 5.69 Å². The van der Waals surface area contributed by atoms with E-state index in [2.05, 4.69) is 15.1 Å². The number of nitrogens with zero attached hydrogens (tertiary/aromatic N) is 4. The monoisotopic (exact) mass is 309 g/mol. The Morgan fingerprint density at radius 1 is 1.19 bits per heavy atom. The summed E-state index contributed by atoms with van der Waals surface area (Å²) in [5.41, 5.74) is 0.138. The zero-order chi connectivity index (χ0) is 14.9. The second-order valence-electron chi connectivity index (χ2n) is 4.95. The average molecular weight is 309 g/mol. The molecule has 0 amide bonds. The first-order valence-electron chi connectivity index (χ1n) is 6.63. The second kappa shape index (κ2) is 5.32. The smallest absolute Gasteiger partial charge is 0.283 e. The van der Waals surface area contributed by atoms with Gasteiger partial charge in [0.1, 0.15) is 0 Å². The molecular weight excluding hydrogens is 294 g/mol. The molecule has 0 unspecified atom stereocenters. The van der Waals surface area contributed by atoms with Crippen molar-refractivity contribution in [2.75, 3.05) is 10.5 Å². The quantitative estimate of drug-likeness (QED) is 0.823. The lowest BCUT2D eigenvalue weighted by Gasteiger charge is -2.06. The maximum atomic E-state index is 12.0. The molecule has 1 saturated carbocycles. The predicted octanol–water partition coefficient (Wildman–Crippen LogP) is 0.217. The van der Waals surface area contributed by atoms with Crippen molar-refractivity contribution in [3.8, 4) is 0 Å². The molecule has 21 heavy (non-hydrogen) atoms. The third kappa shape index (κ3) is 3.30. The topological polar surface area (TPSA) is 98.9 Å². The molecule has 1 aromatic heterocycles. The number of hydrogen-bond acceptors (Lipinski definition) is 5. The molecule has 2 aromatic rings. The van der Waals surface area contributed by atoms with Crippen molar-refractivity contribution in [1.82, 2.24) is 19.8 Å². The lowest BCUT2D eigenvalue weighted by molar-refractivity contribution is 0.573. The molecular formula is C12H15N5O3S. The summed E-state index contributed by atoms with van der Waals surface area (Å²) >= 11 is 0. The lowest BCUT2D eigenvalue weighted by Crippen LogP contribution is -2.29. The molecule has 0 radical (unpaired) electrons. The minimum absolute atomic E-state index is 0.0201. The Labute approximate surface area is 121 Å². The van der Waals surface area contributed by atoms with E-state index >= 15 is 0 Å². The second-order valence-corrected chi connectivity index (χ2v) is 6.79. The summed E-state index contributed by atoms with van der Waals surface area (Å²) in [5, 5.41) is 7.48. The van der Waals surface area contributed by atoms with E-state index in [1.807, 2.05) is 0 Å². The molecule has 0 aliphatic heterocycles. The Morgan fingerprint density at radius 2 is 1.90 bits per heavy atom. The zero-order valence-electron chi connectivity index (χ0n) is 11.2. The number of hydrogen-bond donors (Lipinski definition) is 1. The van der Waals surface area contributed by atoms with Crippen LogP contribution in [-0.2, 0) is 16.6 Å². The van der Waals surface area contributed by atoms with E-state index in [4.69, 9.17) is 0 Å². The molecule has 9 heteroatoms. The summed E-state index contributed by atoms with van der Waals surface area (Å²) in [7, 11) is -3.53. The minimum atomic E-state index is -3.53. The third-order valence-electron chi connectivity index (χ3n) is 3.17. The van der Waals surface area contributed by atoms with Crippen molar-refractivity contribution < 1.29 is 8.42 Å². The van der Waals surface area contributed by atoms with Crippen molar-refractivity contribution in [3.05, 3.63) is 40.8 Å². The summed E-state index contributed by atoms with van der Waals surface area (Å²) in [4.78, 5) is 11.9. The van der Waals surface area contributed by atoms with Crippen LogP contribution < -0.4 is 10.4 Å². The van der Waals surface area contributed by atoms with Gasteiger partial charge >= 0.3 is 5.69 Å². The number of anilines is 1. The van der Waals surface area contributed by atoms with Crippen LogP contribution in [0.1, 0.15) is 18.9 Å². The van der Waals surface area contributed by atoms with E-state index in [0.717, 1.165) is 17.5 Å². The van der Waals surface area contributed by atoms with Crippen molar-refractivity contribution in [1.29, 1.82) is 0 Å². The SMILES string of the molecule is O=c1n(CCS(=O)(=O)Nc2ccccc2)nnn1C1CC1. The summed E-state index contributed by atoms with van der Waals surface area (Å²) < 4.78 is 28.8. The van der Waals surface area contributed by atoms with Crippen LogP contribution in [0.25, 0.3) is 0 Å². The van der Waals surface area contributed by atoms with Crippen LogP contribution in [0.15, 0.2) is 35.1 Å². The molecule has 0 saturated heterocycles. The molecule has 1 aromatic carbocycles. The van der Waals surface area contributed by atoms with E-state index in [-0.39, 0.29) is 24.0 Å². The number of tetrazole rings is 1. The molecule has 1 N–H and O–H groups in total. The van der Waals surface area contributed by atoms with Gasteiger partial charge in [0.15, 0.2) is 0 Å². The molecule has 1 aliphatic rings. The van der Waals surface area contributed by atoms with Crippen molar-refractivity contribution in [2.24, 2.45) is 0 Å². The number of sulfonamides is 1. The van der Waals surface area contributed by atoms with Gasteiger partial charge in [-0.1, -0.05) is 18.2 Å². The van der Waals surface area contributed by atoms with Crippen LogP contribution in [0, 0.1) is 0 Å². The first-order chi connectivity index (χ1) is 10.1. The van der Waals surface area contributed by atoms with Gasteiger partial charge in [-0.05, 0) is 35.4 Å². The van der Waals surface area contributed by atoms with Crippen molar-refractivity contribution in [3.63, 3.8) is 0 Å². The first kappa shape index (κ1) is 13.8. The van der Waals surface area contributed by atoms with E-state index in [1.165, 1.54) is 4.68 Å². The third-order valence-corrected chi connectivity index (χ3v) is 4.44. The molecule has 1 fully saturated rings. The predicted molar refractivity (Wildman–Crippen MR) is 76.4 cm³/mol. The largest absolute Gasteiger partial charge is 0.363 e. The van der Waals surface area contributed by atoms with Gasteiger partial charge in [-0.2, -0.15) is 9.36 Å². The first-order valence-corrected chi connectivity index (χ1v) is 8.28. The van der Waals surface area contributed by atoms with Gasteiger partial charge in [0, 0.05) is 5.69 Å². The van der Waals surface area contributed by atoms with Crippen LogP contribution in [0.2, 0.25) is 0 Å². The van der Waals surface area contributed by atoms with Gasteiger partial charge < -0.3 is 0 Å². The van der Waals surface area contributed by atoms with Gasteiger partial charge in [0.05, 0.1) is 18.3 Å². The minimum Gasteiger partial charge on any atom is -0.283 e. The van der Waals surface area contributed by atoms with E-state index < -0.39 is 10.0 Å². The molecule has 0 spiro atoms. The summed E-state index contributed by atoms with van der Waals surface area (Å²) in [6.45, 7) is -0.0201. The van der Waals surface area contributed by atoms with E-state index in [1.54, 1.807) is 30.3 Å². The normalized spacial score (nSPS) is 15.0. The lowest BCUT2D eigenvalue weighted by atomic mass is 10.3. The van der Waals surface area contributed by atoms with Crippen molar-refractivity contribution >= 4 is 15.7 Å². The maximum absolute atomic E-state index is 12.0. The highest BCUT2D eigenvalue weighted by atomic mass is 32.2. The maximum Gasteiger partial charge on any atom is 0.363 e. The summed E-state index contributed by atoms with van der Waals surface area (Å²) in [6, 6.07) is 8.73. The number of rotatable bonds is 6. The Kier molecular flexibility index (Phi) is 3.50. The van der Waals surface area contributed by atoms with Gasteiger partial charge in [0.2, 0.25) is 10.0 Å². The molecule has 0 bridgehead atoms. The van der Waals surface area contributed by atoms with Gasteiger partial charge in [-0.3, -0.25) is 4.72 Å². The highest BCUT2D eigenvalue weighted by molar-refractivity contribution is 7.92. The number of aromatic nitrogens is 4. The van der Waals surface area contributed by atoms with Crippen LogP contribution in [-0.4, -0.2) is 34.0 Å². The molecule has 112 valence electrons. The summed E-state index contributed by atoms with van der Waals surface area (Å²) in [6.07, 6.45) is 1.85. The zero-order valence-corrected chi connectivity index (χ0v) is 12.0. The molecule has 3 rings (SSSR count). The van der Waals surface area contributed by atoms with Crippen LogP contribution >= 0.6 is 0 Å². The van der Waals surface area contributed by atoms with E-state index in [9.17, 15) is 13.2 Å². The molecule has 0 atom stereocenters. The standard InChI is InChI=1S/C12H15N5O3S/c18-12-16(14-15-17(12)11-6-7-11)8-9-21(19,20)13-10-4-2-1-3-5-10/h1-5,11,13H,6-9H2. The average Bonchev–Trinajstić information content (AvgIpc) is 3.22. The Balaban J connectivity index is 1.65. The number of nitrogens with one attached hydrogen (secondary N) is 1. The number of para-hydroxylation sites is 1. The number of benzene rings is 1. The summed E-state index contributed by atoms with van der Waals surface area (Å²) in [5.74, 6) is -0.231. The van der Waals surface area contributed by atoms with Gasteiger partial charge in [-0.25, -0.2) is 13.2 Å². The molecule has 8 nitrogen and oxygen atoms in total. The Hall–Kier alpha value is -2.16. The number of aryl methyl sites for hydroxylation is 1. The fourth-order valence-electron chi connectivity index (χ4n) is 1.92. The van der Waals surface area contributed by atoms with Crippen LogP contribution in [0.3, 0.4) is 0 Å². The van der Waals surface area contributed by atoms with Gasteiger partial charge in [-0.15, -0.1) is 0 Å². The Bertz CT molecular complexity index is 777. The fourth-order valence-corrected chi connectivity index (χ4v) is 2.93. The van der Waals surface area contributed by atoms with Crippen molar-refractivity contribution in [2.45, 2.75) is 25.4 Å². The Morgan fingerprint density at radius 3 is 2.57 bits per heavy atom. The van der Waals surface area contributed by atoms with Crippen LogP contribution in [0.5, 0.6) is 0 Å². The fraction of sp³-hybridized carbons (Fsp3) is 0.417. The highest BCUT2D eigenvalue weighted by Gasteiger charge is 2.28.